The molecule has 1 aliphatic rings. The Balaban J connectivity index is 1.25. The molecule has 4 heteroatoms. The average Bonchev–Trinajstić information content (AvgIpc) is 3.14. The van der Waals surface area contributed by atoms with E-state index < -0.39 is 15.8 Å². The van der Waals surface area contributed by atoms with Gasteiger partial charge in [-0.15, -0.1) is 0 Å². The fraction of sp³-hybridized carbons (Fsp3) is 0.273. The van der Waals surface area contributed by atoms with Crippen molar-refractivity contribution in [3.63, 3.8) is 0 Å². The van der Waals surface area contributed by atoms with Crippen LogP contribution in [0.25, 0.3) is 21.5 Å². The molecule has 6 aromatic rings. The first kappa shape index (κ1) is 32.8. The summed E-state index contributed by atoms with van der Waals surface area (Å²) in [5.41, 5.74) is 2.77. The summed E-state index contributed by atoms with van der Waals surface area (Å²) in [5.74, 6) is 0. The lowest BCUT2D eigenvalue weighted by atomic mass is 10.1. The Morgan fingerprint density at radius 2 is 0.792 bits per heavy atom. The van der Waals surface area contributed by atoms with Crippen molar-refractivity contribution in [1.29, 1.82) is 0 Å². The number of rotatable bonds is 2. The number of hydrogen-bond acceptors (Lipinski definition) is 2. The molecule has 0 aliphatic carbocycles. The van der Waals surface area contributed by atoms with Crippen LogP contribution in [0.15, 0.2) is 133 Å². The van der Waals surface area contributed by atoms with Gasteiger partial charge in [0.1, 0.15) is 0 Å². The predicted octanol–water partition coefficient (Wildman–Crippen LogP) is 9.79. The lowest BCUT2D eigenvalue weighted by Gasteiger charge is -2.27. The van der Waals surface area contributed by atoms with E-state index in [9.17, 15) is 0 Å². The molecule has 244 valence electrons. The molecular formula is C44H48N2P2. The third-order valence-electron chi connectivity index (χ3n) is 10.0. The zero-order chi connectivity index (χ0) is 32.7. The van der Waals surface area contributed by atoms with Gasteiger partial charge in [0.2, 0.25) is 0 Å². The minimum absolute atomic E-state index is 0.468. The molecular weight excluding hydrogens is 618 g/mol. The maximum Gasteiger partial charge on any atom is 0.0449 e. The van der Waals surface area contributed by atoms with Crippen molar-refractivity contribution in [2.24, 2.45) is 0 Å². The van der Waals surface area contributed by atoms with Crippen LogP contribution in [0.5, 0.6) is 0 Å². The van der Waals surface area contributed by atoms with Crippen LogP contribution in [0, 0.1) is 0 Å². The summed E-state index contributed by atoms with van der Waals surface area (Å²) in [5, 5.41) is 11.7. The van der Waals surface area contributed by atoms with Crippen molar-refractivity contribution < 1.29 is 0 Å². The molecule has 0 spiro atoms. The van der Waals surface area contributed by atoms with Crippen molar-refractivity contribution in [1.82, 2.24) is 0 Å². The van der Waals surface area contributed by atoms with Crippen LogP contribution in [0.2, 0.25) is 0 Å². The molecule has 0 radical (unpaired) electrons. The van der Waals surface area contributed by atoms with Crippen LogP contribution in [0.4, 0.5) is 11.4 Å². The Kier molecular flexibility index (Phi) is 10.7. The highest BCUT2D eigenvalue weighted by Crippen LogP contribution is 2.42. The Labute approximate surface area is 290 Å². The van der Waals surface area contributed by atoms with Gasteiger partial charge in [-0.05, 0) is 98.0 Å². The normalized spacial score (nSPS) is 18.5. The van der Waals surface area contributed by atoms with Gasteiger partial charge in [-0.1, -0.05) is 134 Å². The standard InChI is InChI=1S/C44H48N2P2/c1-45-31-11-5-13-33-48(38-25-9-4-10-26-38)42-30-18-22-36-20-16-28-40(44(36)42)46(2)32-12-6-14-34-47(37-23-7-3-8-24-37)41-29-17-21-35-19-15-27-39(45)43(35)41/h3-4,7-10,15-30H,5-6,11-14,31-34H2,1-2H3. The molecule has 7 rings (SSSR count). The molecule has 0 bridgehead atoms. The second-order valence-electron chi connectivity index (χ2n) is 13.2. The molecule has 2 atom stereocenters. The first-order valence-electron chi connectivity index (χ1n) is 17.8. The van der Waals surface area contributed by atoms with Crippen molar-refractivity contribution in [3.8, 4) is 0 Å². The smallest absolute Gasteiger partial charge is 0.0449 e. The molecule has 1 aliphatic heterocycles. The molecule has 6 aromatic carbocycles. The summed E-state index contributed by atoms with van der Waals surface area (Å²) >= 11 is 0. The fourth-order valence-electron chi connectivity index (χ4n) is 7.51. The number of anilines is 2. The molecule has 0 saturated carbocycles. The van der Waals surface area contributed by atoms with Gasteiger partial charge in [0.25, 0.3) is 0 Å². The topological polar surface area (TPSA) is 6.48 Å². The van der Waals surface area contributed by atoms with Gasteiger partial charge in [-0.3, -0.25) is 0 Å². The van der Waals surface area contributed by atoms with Crippen LogP contribution in [0.3, 0.4) is 0 Å². The van der Waals surface area contributed by atoms with Crippen molar-refractivity contribution in [2.75, 3.05) is 49.3 Å². The van der Waals surface area contributed by atoms with Gasteiger partial charge in [0.15, 0.2) is 0 Å². The van der Waals surface area contributed by atoms with Crippen LogP contribution >= 0.6 is 15.8 Å². The van der Waals surface area contributed by atoms with Crippen molar-refractivity contribution in [2.45, 2.75) is 38.5 Å². The van der Waals surface area contributed by atoms with E-state index in [0.29, 0.717) is 0 Å². The van der Waals surface area contributed by atoms with E-state index in [2.05, 4.69) is 157 Å². The first-order valence-corrected chi connectivity index (χ1v) is 20.9. The molecule has 0 saturated heterocycles. The first-order chi connectivity index (χ1) is 23.7. The van der Waals surface area contributed by atoms with Gasteiger partial charge in [-0.2, -0.15) is 0 Å². The van der Waals surface area contributed by atoms with Gasteiger partial charge in [-0.25, -0.2) is 0 Å². The van der Waals surface area contributed by atoms with Gasteiger partial charge in [0.05, 0.1) is 0 Å². The number of hydrogen-bond donors (Lipinski definition) is 0. The fourth-order valence-corrected chi connectivity index (χ4v) is 12.8. The Bertz CT molecular complexity index is 1790. The lowest BCUT2D eigenvalue weighted by molar-refractivity contribution is 0.709. The van der Waals surface area contributed by atoms with E-state index in [-0.39, 0.29) is 0 Å². The minimum Gasteiger partial charge on any atom is -0.374 e. The van der Waals surface area contributed by atoms with Crippen LogP contribution < -0.4 is 31.0 Å². The largest absolute Gasteiger partial charge is 0.374 e. The van der Waals surface area contributed by atoms with Crippen LogP contribution in [0.1, 0.15) is 38.5 Å². The molecule has 2 unspecified atom stereocenters. The maximum absolute atomic E-state index is 2.54. The zero-order valence-corrected chi connectivity index (χ0v) is 30.4. The summed E-state index contributed by atoms with van der Waals surface area (Å²) in [4.78, 5) is 5.07. The van der Waals surface area contributed by atoms with Gasteiger partial charge >= 0.3 is 0 Å². The zero-order valence-electron chi connectivity index (χ0n) is 28.6. The third kappa shape index (κ3) is 7.17. The highest BCUT2D eigenvalue weighted by molar-refractivity contribution is 7.73. The molecule has 0 amide bonds. The van der Waals surface area contributed by atoms with E-state index in [0.717, 1.165) is 13.1 Å². The average molecular weight is 667 g/mol. The van der Waals surface area contributed by atoms with Crippen molar-refractivity contribution >= 4 is 70.0 Å². The van der Waals surface area contributed by atoms with Gasteiger partial charge < -0.3 is 9.80 Å². The molecule has 2 nitrogen and oxygen atoms in total. The maximum atomic E-state index is 2.54. The Morgan fingerprint density at radius 1 is 0.396 bits per heavy atom. The third-order valence-corrected chi connectivity index (χ3v) is 15.3. The summed E-state index contributed by atoms with van der Waals surface area (Å²) < 4.78 is 0. The van der Waals surface area contributed by atoms with Crippen LogP contribution in [-0.4, -0.2) is 39.5 Å². The summed E-state index contributed by atoms with van der Waals surface area (Å²) in [6.45, 7) is 2.15. The van der Waals surface area contributed by atoms with E-state index in [1.165, 1.54) is 94.4 Å². The quantitative estimate of drug-likeness (QED) is 0.170. The molecule has 0 fully saturated rings. The summed E-state index contributed by atoms with van der Waals surface area (Å²) in [7, 11) is 3.69. The SMILES string of the molecule is CN1CCCCCP(c2ccccc2)c2cccc3cccc(c23)N(C)CCCCCP(c2ccccc2)c2cccc3cccc1c23. The molecule has 1 heterocycles. The van der Waals surface area contributed by atoms with E-state index in [1.54, 1.807) is 10.6 Å². The minimum atomic E-state index is -0.468. The highest BCUT2D eigenvalue weighted by Gasteiger charge is 2.21. The van der Waals surface area contributed by atoms with Crippen LogP contribution in [-0.2, 0) is 0 Å². The second-order valence-corrected chi connectivity index (χ2v) is 17.8. The molecule has 48 heavy (non-hydrogen) atoms. The van der Waals surface area contributed by atoms with Crippen molar-refractivity contribution in [3.05, 3.63) is 133 Å². The Morgan fingerprint density at radius 3 is 1.21 bits per heavy atom. The number of nitrogens with zero attached hydrogens (tertiary/aromatic N) is 2. The summed E-state index contributed by atoms with van der Waals surface area (Å²) in [6, 6.07) is 50.6. The second kappa shape index (κ2) is 15.7. The summed E-state index contributed by atoms with van der Waals surface area (Å²) in [6.07, 6.45) is 9.80. The lowest BCUT2D eigenvalue weighted by Crippen LogP contribution is -2.23. The van der Waals surface area contributed by atoms with Gasteiger partial charge in [0, 0.05) is 49.3 Å². The van der Waals surface area contributed by atoms with E-state index in [4.69, 9.17) is 0 Å². The monoisotopic (exact) mass is 666 g/mol. The molecule has 0 aromatic heterocycles. The highest BCUT2D eigenvalue weighted by atomic mass is 31.1. The van der Waals surface area contributed by atoms with E-state index in [1.807, 2.05) is 0 Å². The number of benzene rings is 6. The molecule has 0 N–H and O–H groups in total. The van der Waals surface area contributed by atoms with E-state index >= 15 is 0 Å². The predicted molar refractivity (Wildman–Crippen MR) is 217 cm³/mol. The Hall–Kier alpha value is -3.70.